The number of benzene rings is 1. The number of amides is 1. The standard InChI is InChI=1S/C21H28N4O2/c1-16-2-3-20(27-13-8-22)19(14-16)21(26)24-18-6-11-25(12-7-18)15-17-4-9-23-10-5-17/h2-5,9-10,14,18H,6-8,11-13,15,22H2,1H3,(H,24,26). The van der Waals surface area contributed by atoms with Crippen molar-refractivity contribution in [3.8, 4) is 5.75 Å². The average Bonchev–Trinajstić information content (AvgIpc) is 2.69. The van der Waals surface area contributed by atoms with E-state index in [1.165, 1.54) is 5.56 Å². The molecule has 1 aliphatic heterocycles. The van der Waals surface area contributed by atoms with Crippen molar-refractivity contribution in [3.05, 3.63) is 59.4 Å². The first kappa shape index (κ1) is 19.3. The fourth-order valence-corrected chi connectivity index (χ4v) is 3.36. The monoisotopic (exact) mass is 368 g/mol. The number of aryl methyl sites for hydroxylation is 1. The van der Waals surface area contributed by atoms with Gasteiger partial charge in [0.05, 0.1) is 5.56 Å². The van der Waals surface area contributed by atoms with E-state index in [1.807, 2.05) is 37.5 Å². The number of nitrogens with two attached hydrogens (primary N) is 1. The number of rotatable bonds is 7. The van der Waals surface area contributed by atoms with Crippen LogP contribution in [0.3, 0.4) is 0 Å². The van der Waals surface area contributed by atoms with Crippen LogP contribution in [0.5, 0.6) is 5.75 Å². The van der Waals surface area contributed by atoms with E-state index in [-0.39, 0.29) is 11.9 Å². The summed E-state index contributed by atoms with van der Waals surface area (Å²) in [6.45, 7) is 5.66. The van der Waals surface area contributed by atoms with Crippen molar-refractivity contribution >= 4 is 5.91 Å². The average molecular weight is 368 g/mol. The Labute approximate surface area is 160 Å². The van der Waals surface area contributed by atoms with E-state index in [9.17, 15) is 4.79 Å². The lowest BCUT2D eigenvalue weighted by atomic mass is 10.0. The van der Waals surface area contributed by atoms with Crippen LogP contribution in [0, 0.1) is 6.92 Å². The molecule has 0 spiro atoms. The molecule has 0 atom stereocenters. The number of nitrogens with one attached hydrogen (secondary N) is 1. The van der Waals surface area contributed by atoms with E-state index in [4.69, 9.17) is 10.5 Å². The van der Waals surface area contributed by atoms with Crippen molar-refractivity contribution in [2.75, 3.05) is 26.2 Å². The summed E-state index contributed by atoms with van der Waals surface area (Å²) in [6.07, 6.45) is 5.55. The van der Waals surface area contributed by atoms with Crippen LogP contribution in [0.1, 0.15) is 34.3 Å². The fourth-order valence-electron chi connectivity index (χ4n) is 3.36. The smallest absolute Gasteiger partial charge is 0.255 e. The minimum atomic E-state index is -0.0710. The summed E-state index contributed by atoms with van der Waals surface area (Å²) in [5.41, 5.74) is 8.41. The van der Waals surface area contributed by atoms with Crippen LogP contribution in [0.25, 0.3) is 0 Å². The first-order valence-corrected chi connectivity index (χ1v) is 9.51. The maximum Gasteiger partial charge on any atom is 0.255 e. The number of carbonyl (C=O) groups is 1. The van der Waals surface area contributed by atoms with Gasteiger partial charge in [-0.2, -0.15) is 0 Å². The quantitative estimate of drug-likeness (QED) is 0.782. The van der Waals surface area contributed by atoms with Gasteiger partial charge in [-0.25, -0.2) is 0 Å². The molecule has 3 N–H and O–H groups in total. The molecule has 1 amide bonds. The van der Waals surface area contributed by atoms with Gasteiger partial charge < -0.3 is 15.8 Å². The molecule has 0 bridgehead atoms. The Morgan fingerprint density at radius 3 is 2.70 bits per heavy atom. The van der Waals surface area contributed by atoms with Crippen molar-refractivity contribution in [1.29, 1.82) is 0 Å². The molecule has 6 nitrogen and oxygen atoms in total. The normalized spacial score (nSPS) is 15.5. The molecule has 1 saturated heterocycles. The molecule has 0 aliphatic carbocycles. The highest BCUT2D eigenvalue weighted by Crippen LogP contribution is 2.21. The predicted molar refractivity (Wildman–Crippen MR) is 106 cm³/mol. The maximum atomic E-state index is 12.8. The third kappa shape index (κ3) is 5.52. The number of carbonyl (C=O) groups excluding carboxylic acids is 1. The van der Waals surface area contributed by atoms with E-state index < -0.39 is 0 Å². The van der Waals surface area contributed by atoms with E-state index in [2.05, 4.69) is 27.3 Å². The molecule has 0 unspecified atom stereocenters. The number of piperidine rings is 1. The van der Waals surface area contributed by atoms with Crippen LogP contribution < -0.4 is 15.8 Å². The Balaban J connectivity index is 1.54. The second-order valence-corrected chi connectivity index (χ2v) is 7.02. The lowest BCUT2D eigenvalue weighted by Crippen LogP contribution is -2.44. The van der Waals surface area contributed by atoms with Crippen molar-refractivity contribution in [1.82, 2.24) is 15.2 Å². The van der Waals surface area contributed by atoms with Crippen molar-refractivity contribution in [2.24, 2.45) is 5.73 Å². The molecular formula is C21H28N4O2. The summed E-state index contributed by atoms with van der Waals surface area (Å²) in [4.78, 5) is 19.3. The molecular weight excluding hydrogens is 340 g/mol. The molecule has 1 fully saturated rings. The van der Waals surface area contributed by atoms with Gasteiger partial charge in [0.2, 0.25) is 0 Å². The van der Waals surface area contributed by atoms with Gasteiger partial charge in [0.15, 0.2) is 0 Å². The summed E-state index contributed by atoms with van der Waals surface area (Å²) < 4.78 is 5.64. The van der Waals surface area contributed by atoms with Gasteiger partial charge in [-0.05, 0) is 49.6 Å². The fraction of sp³-hybridized carbons (Fsp3) is 0.429. The second kappa shape index (κ2) is 9.48. The van der Waals surface area contributed by atoms with Gasteiger partial charge >= 0.3 is 0 Å². The summed E-state index contributed by atoms with van der Waals surface area (Å²) in [5, 5.41) is 3.18. The molecule has 3 rings (SSSR count). The minimum Gasteiger partial charge on any atom is -0.491 e. The summed E-state index contributed by atoms with van der Waals surface area (Å²) in [5.74, 6) is 0.525. The van der Waals surface area contributed by atoms with Crippen molar-refractivity contribution < 1.29 is 9.53 Å². The van der Waals surface area contributed by atoms with Crippen LogP contribution >= 0.6 is 0 Å². The molecule has 0 radical (unpaired) electrons. The van der Waals surface area contributed by atoms with E-state index in [0.717, 1.165) is 38.0 Å². The van der Waals surface area contributed by atoms with E-state index >= 15 is 0 Å². The molecule has 6 heteroatoms. The summed E-state index contributed by atoms with van der Waals surface area (Å²) in [7, 11) is 0. The molecule has 1 aromatic carbocycles. The molecule has 0 saturated carbocycles. The third-order valence-corrected chi connectivity index (χ3v) is 4.83. The van der Waals surface area contributed by atoms with Crippen LogP contribution in [-0.2, 0) is 6.54 Å². The zero-order valence-electron chi connectivity index (χ0n) is 15.9. The lowest BCUT2D eigenvalue weighted by Gasteiger charge is -2.32. The van der Waals surface area contributed by atoms with Crippen LogP contribution in [0.4, 0.5) is 0 Å². The molecule has 27 heavy (non-hydrogen) atoms. The Kier molecular flexibility index (Phi) is 6.79. The van der Waals surface area contributed by atoms with Crippen LogP contribution in [0.2, 0.25) is 0 Å². The van der Waals surface area contributed by atoms with Gasteiger partial charge in [0.25, 0.3) is 5.91 Å². The molecule has 2 heterocycles. The zero-order valence-corrected chi connectivity index (χ0v) is 15.9. The first-order chi connectivity index (χ1) is 13.2. The molecule has 144 valence electrons. The van der Waals surface area contributed by atoms with Crippen LogP contribution in [-0.4, -0.2) is 48.1 Å². The number of likely N-dealkylation sites (tertiary alicyclic amines) is 1. The molecule has 2 aromatic rings. The Morgan fingerprint density at radius 1 is 1.26 bits per heavy atom. The van der Waals surface area contributed by atoms with Gasteiger partial charge in [-0.1, -0.05) is 11.6 Å². The predicted octanol–water partition coefficient (Wildman–Crippen LogP) is 2.12. The highest BCUT2D eigenvalue weighted by atomic mass is 16.5. The minimum absolute atomic E-state index is 0.0710. The third-order valence-electron chi connectivity index (χ3n) is 4.83. The Bertz CT molecular complexity index is 743. The van der Waals surface area contributed by atoms with Gasteiger partial charge in [0.1, 0.15) is 12.4 Å². The van der Waals surface area contributed by atoms with E-state index in [0.29, 0.717) is 24.5 Å². The lowest BCUT2D eigenvalue weighted by molar-refractivity contribution is 0.0905. The first-order valence-electron chi connectivity index (χ1n) is 9.51. The number of hydrogen-bond acceptors (Lipinski definition) is 5. The molecule has 1 aromatic heterocycles. The Morgan fingerprint density at radius 2 is 2.00 bits per heavy atom. The number of hydrogen-bond donors (Lipinski definition) is 2. The highest BCUT2D eigenvalue weighted by molar-refractivity contribution is 5.97. The summed E-state index contributed by atoms with van der Waals surface area (Å²) >= 11 is 0. The van der Waals surface area contributed by atoms with Crippen molar-refractivity contribution in [2.45, 2.75) is 32.4 Å². The maximum absolute atomic E-state index is 12.8. The number of ether oxygens (including phenoxy) is 1. The number of aromatic nitrogens is 1. The topological polar surface area (TPSA) is 80.5 Å². The van der Waals surface area contributed by atoms with Gasteiger partial charge in [-0.15, -0.1) is 0 Å². The van der Waals surface area contributed by atoms with Gasteiger partial charge in [-0.3, -0.25) is 14.7 Å². The van der Waals surface area contributed by atoms with Crippen molar-refractivity contribution in [3.63, 3.8) is 0 Å². The number of nitrogens with zero attached hydrogens (tertiary/aromatic N) is 2. The van der Waals surface area contributed by atoms with Crippen LogP contribution in [0.15, 0.2) is 42.7 Å². The second-order valence-electron chi connectivity index (χ2n) is 7.02. The largest absolute Gasteiger partial charge is 0.491 e. The highest BCUT2D eigenvalue weighted by Gasteiger charge is 2.22. The number of pyridine rings is 1. The zero-order chi connectivity index (χ0) is 19.1. The summed E-state index contributed by atoms with van der Waals surface area (Å²) in [6, 6.07) is 9.95. The van der Waals surface area contributed by atoms with Gasteiger partial charge in [0, 0.05) is 44.6 Å². The van der Waals surface area contributed by atoms with E-state index in [1.54, 1.807) is 0 Å². The SMILES string of the molecule is Cc1ccc(OCCN)c(C(=O)NC2CCN(Cc3ccncc3)CC2)c1. The Hall–Kier alpha value is -2.44. The molecule has 1 aliphatic rings.